The zero-order valence-corrected chi connectivity index (χ0v) is 12.9. The molecule has 1 aromatic carbocycles. The number of methoxy groups -OCH3 is 1. The Labute approximate surface area is 130 Å². The molecule has 2 N–H and O–H groups in total. The summed E-state index contributed by atoms with van der Waals surface area (Å²) in [6.07, 6.45) is 0.818. The number of likely N-dealkylation sites (tertiary alicyclic amines) is 1. The van der Waals surface area contributed by atoms with Crippen molar-refractivity contribution in [2.24, 2.45) is 5.92 Å². The van der Waals surface area contributed by atoms with Gasteiger partial charge in [-0.2, -0.15) is 0 Å². The average molecular weight is 306 g/mol. The van der Waals surface area contributed by atoms with Crippen LogP contribution in [0.3, 0.4) is 0 Å². The summed E-state index contributed by atoms with van der Waals surface area (Å²) in [6, 6.07) is 7.51. The third kappa shape index (κ3) is 3.90. The van der Waals surface area contributed by atoms with Crippen molar-refractivity contribution in [2.75, 3.05) is 20.2 Å². The Morgan fingerprint density at radius 3 is 2.91 bits per heavy atom. The number of amides is 2. The molecule has 1 saturated heterocycles. The Morgan fingerprint density at radius 1 is 1.45 bits per heavy atom. The van der Waals surface area contributed by atoms with Gasteiger partial charge in [0.25, 0.3) is 0 Å². The van der Waals surface area contributed by atoms with Gasteiger partial charge in [-0.05, 0) is 30.0 Å². The Bertz CT molecular complexity index is 547. The van der Waals surface area contributed by atoms with Crippen molar-refractivity contribution in [1.82, 2.24) is 10.2 Å². The van der Waals surface area contributed by atoms with E-state index in [0.29, 0.717) is 12.5 Å². The molecular weight excluding hydrogens is 284 g/mol. The second-order valence-electron chi connectivity index (χ2n) is 5.66. The van der Waals surface area contributed by atoms with Crippen LogP contribution in [0, 0.1) is 5.92 Å². The first-order valence-corrected chi connectivity index (χ1v) is 7.41. The molecule has 0 saturated carbocycles. The number of carboxylic acids is 1. The minimum Gasteiger partial charge on any atom is -0.497 e. The van der Waals surface area contributed by atoms with Crippen LogP contribution >= 0.6 is 0 Å². The maximum atomic E-state index is 12.3. The van der Waals surface area contributed by atoms with Crippen LogP contribution in [0.2, 0.25) is 0 Å². The molecule has 2 rings (SSSR count). The largest absolute Gasteiger partial charge is 0.497 e. The monoisotopic (exact) mass is 306 g/mol. The SMILES string of the molecule is COc1cccc(C2CC(C)CN2C(=O)NCCC(=O)O)c1. The highest BCUT2D eigenvalue weighted by atomic mass is 16.5. The fraction of sp³-hybridized carbons (Fsp3) is 0.500. The number of ether oxygens (including phenoxy) is 1. The minimum atomic E-state index is -0.917. The first kappa shape index (κ1) is 16.1. The number of nitrogens with zero attached hydrogens (tertiary/aromatic N) is 1. The molecule has 0 spiro atoms. The highest BCUT2D eigenvalue weighted by Gasteiger charge is 2.34. The molecule has 2 unspecified atom stereocenters. The zero-order chi connectivity index (χ0) is 16.1. The maximum Gasteiger partial charge on any atom is 0.317 e. The van der Waals surface area contributed by atoms with Gasteiger partial charge in [0.05, 0.1) is 19.6 Å². The molecule has 0 bridgehead atoms. The van der Waals surface area contributed by atoms with Crippen molar-refractivity contribution in [3.8, 4) is 5.75 Å². The summed E-state index contributed by atoms with van der Waals surface area (Å²) in [7, 11) is 1.62. The van der Waals surface area contributed by atoms with E-state index in [-0.39, 0.29) is 25.0 Å². The molecule has 1 aromatic rings. The number of carbonyl (C=O) groups excluding carboxylic acids is 1. The summed E-state index contributed by atoms with van der Waals surface area (Å²) in [5.41, 5.74) is 1.04. The molecule has 2 atom stereocenters. The number of benzene rings is 1. The van der Waals surface area contributed by atoms with E-state index in [4.69, 9.17) is 9.84 Å². The maximum absolute atomic E-state index is 12.3. The van der Waals surface area contributed by atoms with Crippen molar-refractivity contribution < 1.29 is 19.4 Å². The molecule has 6 heteroatoms. The molecule has 120 valence electrons. The number of urea groups is 1. The van der Waals surface area contributed by atoms with E-state index < -0.39 is 5.97 Å². The van der Waals surface area contributed by atoms with E-state index >= 15 is 0 Å². The van der Waals surface area contributed by atoms with Crippen LogP contribution < -0.4 is 10.1 Å². The summed E-state index contributed by atoms with van der Waals surface area (Å²) < 4.78 is 5.24. The predicted molar refractivity (Wildman–Crippen MR) is 81.9 cm³/mol. The van der Waals surface area contributed by atoms with Crippen molar-refractivity contribution in [2.45, 2.75) is 25.8 Å². The first-order chi connectivity index (χ1) is 10.5. The van der Waals surface area contributed by atoms with Gasteiger partial charge in [-0.1, -0.05) is 19.1 Å². The van der Waals surface area contributed by atoms with Gasteiger partial charge in [0, 0.05) is 13.1 Å². The number of carboxylic acid groups (broad SMARTS) is 1. The number of rotatable bonds is 5. The van der Waals surface area contributed by atoms with Crippen LogP contribution in [0.15, 0.2) is 24.3 Å². The van der Waals surface area contributed by atoms with E-state index in [0.717, 1.165) is 17.7 Å². The molecule has 1 heterocycles. The van der Waals surface area contributed by atoms with Crippen molar-refractivity contribution in [3.63, 3.8) is 0 Å². The van der Waals surface area contributed by atoms with Gasteiger partial charge in [0.1, 0.15) is 5.75 Å². The van der Waals surface area contributed by atoms with E-state index in [1.807, 2.05) is 24.3 Å². The molecule has 1 aliphatic rings. The average Bonchev–Trinajstić information content (AvgIpc) is 2.89. The van der Waals surface area contributed by atoms with Gasteiger partial charge < -0.3 is 20.1 Å². The Balaban J connectivity index is 2.08. The highest BCUT2D eigenvalue weighted by Crippen LogP contribution is 2.36. The third-order valence-electron chi connectivity index (χ3n) is 3.86. The van der Waals surface area contributed by atoms with Crippen molar-refractivity contribution >= 4 is 12.0 Å². The third-order valence-corrected chi connectivity index (χ3v) is 3.86. The topological polar surface area (TPSA) is 78.9 Å². The molecule has 22 heavy (non-hydrogen) atoms. The molecule has 0 aromatic heterocycles. The van der Waals surface area contributed by atoms with Gasteiger partial charge in [-0.25, -0.2) is 4.79 Å². The standard InChI is InChI=1S/C16H22N2O4/c1-11-8-14(12-4-3-5-13(9-12)22-2)18(10-11)16(21)17-7-6-15(19)20/h3-5,9,11,14H,6-8,10H2,1-2H3,(H,17,21)(H,19,20). The summed E-state index contributed by atoms with van der Waals surface area (Å²) in [6.45, 7) is 2.92. The van der Waals surface area contributed by atoms with Crippen LogP contribution in [0.5, 0.6) is 5.75 Å². The van der Waals surface area contributed by atoms with E-state index in [1.54, 1.807) is 12.0 Å². The van der Waals surface area contributed by atoms with Gasteiger partial charge in [0.15, 0.2) is 0 Å². The zero-order valence-electron chi connectivity index (χ0n) is 12.9. The fourth-order valence-corrected chi connectivity index (χ4v) is 2.81. The lowest BCUT2D eigenvalue weighted by molar-refractivity contribution is -0.136. The number of nitrogens with one attached hydrogen (secondary N) is 1. The van der Waals surface area contributed by atoms with Crippen LogP contribution in [0.1, 0.15) is 31.4 Å². The summed E-state index contributed by atoms with van der Waals surface area (Å²) in [4.78, 5) is 24.6. The molecule has 2 amide bonds. The van der Waals surface area contributed by atoms with E-state index in [1.165, 1.54) is 0 Å². The Hall–Kier alpha value is -2.24. The van der Waals surface area contributed by atoms with Crippen LogP contribution in [0.4, 0.5) is 4.79 Å². The summed E-state index contributed by atoms with van der Waals surface area (Å²) in [5, 5.41) is 11.3. The smallest absolute Gasteiger partial charge is 0.317 e. The van der Waals surface area contributed by atoms with Crippen LogP contribution in [0.25, 0.3) is 0 Å². The number of hydrogen-bond acceptors (Lipinski definition) is 3. The van der Waals surface area contributed by atoms with Gasteiger partial charge in [-0.3, -0.25) is 4.79 Å². The Kier molecular flexibility index (Phi) is 5.25. The molecular formula is C16H22N2O4. The first-order valence-electron chi connectivity index (χ1n) is 7.41. The minimum absolute atomic E-state index is 0.00470. The lowest BCUT2D eigenvalue weighted by Crippen LogP contribution is -2.40. The molecule has 1 fully saturated rings. The fourth-order valence-electron chi connectivity index (χ4n) is 2.81. The van der Waals surface area contributed by atoms with Gasteiger partial charge in [-0.15, -0.1) is 0 Å². The molecule has 0 aliphatic carbocycles. The predicted octanol–water partition coefficient (Wildman–Crippen LogP) is 2.26. The van der Waals surface area contributed by atoms with Crippen LogP contribution in [-0.2, 0) is 4.79 Å². The second-order valence-corrected chi connectivity index (χ2v) is 5.66. The van der Waals surface area contributed by atoms with E-state index in [2.05, 4.69) is 12.2 Å². The molecule has 1 aliphatic heterocycles. The van der Waals surface area contributed by atoms with Crippen molar-refractivity contribution in [1.29, 1.82) is 0 Å². The lowest BCUT2D eigenvalue weighted by Gasteiger charge is -2.25. The summed E-state index contributed by atoms with van der Waals surface area (Å²) in [5.74, 6) is 0.254. The highest BCUT2D eigenvalue weighted by molar-refractivity contribution is 5.76. The number of hydrogen-bond donors (Lipinski definition) is 2. The Morgan fingerprint density at radius 2 is 2.23 bits per heavy atom. The van der Waals surface area contributed by atoms with Crippen LogP contribution in [-0.4, -0.2) is 42.2 Å². The normalized spacial score (nSPS) is 20.7. The van der Waals surface area contributed by atoms with Crippen molar-refractivity contribution in [3.05, 3.63) is 29.8 Å². The number of aliphatic carboxylic acids is 1. The second kappa shape index (κ2) is 7.15. The summed E-state index contributed by atoms with van der Waals surface area (Å²) >= 11 is 0. The molecule has 0 radical (unpaired) electrons. The van der Waals surface area contributed by atoms with E-state index in [9.17, 15) is 9.59 Å². The number of carbonyl (C=O) groups is 2. The lowest BCUT2D eigenvalue weighted by atomic mass is 10.0. The van der Waals surface area contributed by atoms with Gasteiger partial charge >= 0.3 is 12.0 Å². The van der Waals surface area contributed by atoms with Gasteiger partial charge in [0.2, 0.25) is 0 Å². The quantitative estimate of drug-likeness (QED) is 0.874. The molecule has 6 nitrogen and oxygen atoms in total.